The number of nitrogens with zero attached hydrogens (tertiary/aromatic N) is 1. The highest BCUT2D eigenvalue weighted by atomic mass is 35.5. The average molecular weight is 266 g/mol. The Labute approximate surface area is 103 Å². The summed E-state index contributed by atoms with van der Waals surface area (Å²) in [5, 5.41) is 1.23. The lowest BCUT2D eigenvalue weighted by Crippen LogP contribution is -2.20. The molecule has 76 valence electrons. The summed E-state index contributed by atoms with van der Waals surface area (Å²) >= 11 is 18.4. The van der Waals surface area contributed by atoms with E-state index in [9.17, 15) is 0 Å². The van der Waals surface area contributed by atoms with Gasteiger partial charge in [-0.25, -0.2) is 0 Å². The van der Waals surface area contributed by atoms with Gasteiger partial charge in [-0.05, 0) is 24.5 Å². The molecular formula is C9H9Cl2NS2. The van der Waals surface area contributed by atoms with Gasteiger partial charge in [-0.2, -0.15) is 0 Å². The summed E-state index contributed by atoms with van der Waals surface area (Å²) in [4.78, 5) is 1.87. The largest absolute Gasteiger partial charge is 0.330 e. The molecule has 14 heavy (non-hydrogen) atoms. The minimum atomic E-state index is 0.614. The SMILES string of the molecule is CSC(=S)N(C)c1cc(Cl)cc(Cl)c1. The molecule has 0 atom stereocenters. The van der Waals surface area contributed by atoms with E-state index in [1.165, 1.54) is 11.8 Å². The van der Waals surface area contributed by atoms with Gasteiger partial charge in [0.05, 0.1) is 0 Å². The van der Waals surface area contributed by atoms with Crippen molar-refractivity contribution in [2.45, 2.75) is 0 Å². The summed E-state index contributed by atoms with van der Waals surface area (Å²) < 4.78 is 0.781. The van der Waals surface area contributed by atoms with Crippen LogP contribution in [0.3, 0.4) is 0 Å². The van der Waals surface area contributed by atoms with Crippen molar-refractivity contribution in [3.63, 3.8) is 0 Å². The summed E-state index contributed by atoms with van der Waals surface area (Å²) in [6.07, 6.45) is 1.94. The van der Waals surface area contributed by atoms with E-state index < -0.39 is 0 Å². The fourth-order valence-corrected chi connectivity index (χ4v) is 1.97. The molecule has 1 aromatic rings. The smallest absolute Gasteiger partial charge is 0.140 e. The standard InChI is InChI=1S/C9H9Cl2NS2/c1-12(9(13)14-2)8-4-6(10)3-7(11)5-8/h3-5H,1-2H3. The lowest BCUT2D eigenvalue weighted by Gasteiger charge is -2.18. The number of rotatable bonds is 1. The Balaban J connectivity index is 3.00. The lowest BCUT2D eigenvalue weighted by atomic mass is 10.3. The summed E-state index contributed by atoms with van der Waals surface area (Å²) in [6.45, 7) is 0. The Morgan fingerprint density at radius 2 is 1.79 bits per heavy atom. The summed E-state index contributed by atoms with van der Waals surface area (Å²) in [6, 6.07) is 5.36. The van der Waals surface area contributed by atoms with E-state index in [1.54, 1.807) is 6.07 Å². The van der Waals surface area contributed by atoms with Crippen LogP contribution >= 0.6 is 47.2 Å². The van der Waals surface area contributed by atoms with E-state index in [0.717, 1.165) is 10.0 Å². The fraction of sp³-hybridized carbons (Fsp3) is 0.222. The maximum absolute atomic E-state index is 5.88. The van der Waals surface area contributed by atoms with Crippen LogP contribution in [0.15, 0.2) is 18.2 Å². The van der Waals surface area contributed by atoms with Gasteiger partial charge in [0.2, 0.25) is 0 Å². The van der Waals surface area contributed by atoms with E-state index in [4.69, 9.17) is 35.4 Å². The third-order valence-corrected chi connectivity index (χ3v) is 3.52. The van der Waals surface area contributed by atoms with Crippen molar-refractivity contribution in [3.05, 3.63) is 28.2 Å². The number of anilines is 1. The van der Waals surface area contributed by atoms with Gasteiger partial charge in [0.1, 0.15) is 4.32 Å². The number of benzene rings is 1. The molecule has 1 nitrogen and oxygen atoms in total. The van der Waals surface area contributed by atoms with E-state index in [-0.39, 0.29) is 0 Å². The second-order valence-electron chi connectivity index (χ2n) is 2.66. The minimum Gasteiger partial charge on any atom is -0.330 e. The van der Waals surface area contributed by atoms with Crippen molar-refractivity contribution in [2.24, 2.45) is 0 Å². The molecule has 0 saturated carbocycles. The Kier molecular flexibility index (Phi) is 4.51. The minimum absolute atomic E-state index is 0.614. The molecule has 0 aliphatic rings. The van der Waals surface area contributed by atoms with Crippen molar-refractivity contribution >= 4 is 57.2 Å². The van der Waals surface area contributed by atoms with Gasteiger partial charge in [-0.15, -0.1) is 11.8 Å². The van der Waals surface area contributed by atoms with Crippen LogP contribution < -0.4 is 4.90 Å². The molecule has 0 radical (unpaired) electrons. The molecule has 0 aromatic heterocycles. The highest BCUT2D eigenvalue weighted by Crippen LogP contribution is 2.26. The van der Waals surface area contributed by atoms with Gasteiger partial charge in [0.25, 0.3) is 0 Å². The van der Waals surface area contributed by atoms with Crippen LogP contribution in [-0.2, 0) is 0 Å². The second-order valence-corrected chi connectivity index (χ2v) is 4.97. The molecule has 1 aromatic carbocycles. The van der Waals surface area contributed by atoms with Crippen LogP contribution in [0.25, 0.3) is 0 Å². The molecule has 0 aliphatic heterocycles. The molecule has 0 amide bonds. The van der Waals surface area contributed by atoms with Gasteiger partial charge in [0.15, 0.2) is 0 Å². The first kappa shape index (κ1) is 12.1. The second kappa shape index (κ2) is 5.21. The third kappa shape index (κ3) is 3.02. The molecule has 5 heteroatoms. The van der Waals surface area contributed by atoms with Crippen LogP contribution in [-0.4, -0.2) is 17.6 Å². The molecule has 0 unspecified atom stereocenters. The first-order valence-corrected chi connectivity index (χ1v) is 6.21. The number of hydrogen-bond donors (Lipinski definition) is 0. The van der Waals surface area contributed by atoms with Gasteiger partial charge >= 0.3 is 0 Å². The van der Waals surface area contributed by atoms with Crippen LogP contribution in [0.4, 0.5) is 5.69 Å². The predicted octanol–water partition coefficient (Wildman–Crippen LogP) is 4.08. The molecule has 0 bridgehead atoms. The van der Waals surface area contributed by atoms with Gasteiger partial charge in [-0.3, -0.25) is 0 Å². The van der Waals surface area contributed by atoms with Crippen LogP contribution in [0, 0.1) is 0 Å². The third-order valence-electron chi connectivity index (χ3n) is 1.68. The Hall–Kier alpha value is 0.0400. The summed E-state index contributed by atoms with van der Waals surface area (Å²) in [7, 11) is 1.89. The van der Waals surface area contributed by atoms with Crippen LogP contribution in [0.1, 0.15) is 0 Å². The van der Waals surface area contributed by atoms with E-state index >= 15 is 0 Å². The molecule has 0 aliphatic carbocycles. The van der Waals surface area contributed by atoms with Gasteiger partial charge in [0, 0.05) is 22.8 Å². The van der Waals surface area contributed by atoms with Crippen molar-refractivity contribution in [1.29, 1.82) is 0 Å². The highest BCUT2D eigenvalue weighted by molar-refractivity contribution is 8.22. The zero-order valence-electron chi connectivity index (χ0n) is 7.75. The first-order valence-electron chi connectivity index (χ1n) is 3.82. The molecule has 0 N–H and O–H groups in total. The topological polar surface area (TPSA) is 3.24 Å². The summed E-state index contributed by atoms with van der Waals surface area (Å²) in [5.41, 5.74) is 0.904. The Morgan fingerprint density at radius 1 is 1.29 bits per heavy atom. The molecular weight excluding hydrogens is 257 g/mol. The molecule has 1 rings (SSSR count). The van der Waals surface area contributed by atoms with E-state index in [1.807, 2.05) is 30.3 Å². The number of halogens is 2. The highest BCUT2D eigenvalue weighted by Gasteiger charge is 2.07. The normalized spacial score (nSPS) is 10.0. The van der Waals surface area contributed by atoms with Crippen molar-refractivity contribution in [1.82, 2.24) is 0 Å². The van der Waals surface area contributed by atoms with E-state index in [0.29, 0.717) is 10.0 Å². The zero-order chi connectivity index (χ0) is 10.7. The zero-order valence-corrected chi connectivity index (χ0v) is 10.9. The van der Waals surface area contributed by atoms with Crippen LogP contribution in [0.2, 0.25) is 10.0 Å². The fourth-order valence-electron chi connectivity index (χ4n) is 0.975. The Bertz CT molecular complexity index is 334. The van der Waals surface area contributed by atoms with E-state index in [2.05, 4.69) is 0 Å². The number of thiocarbonyl (C=S) groups is 1. The predicted molar refractivity (Wildman–Crippen MR) is 71.0 cm³/mol. The van der Waals surface area contributed by atoms with Crippen molar-refractivity contribution in [3.8, 4) is 0 Å². The average Bonchev–Trinajstić information content (AvgIpc) is 2.14. The molecule has 0 spiro atoms. The van der Waals surface area contributed by atoms with Crippen molar-refractivity contribution in [2.75, 3.05) is 18.2 Å². The lowest BCUT2D eigenvalue weighted by molar-refractivity contribution is 1.31. The maximum atomic E-state index is 5.88. The van der Waals surface area contributed by atoms with Crippen LogP contribution in [0.5, 0.6) is 0 Å². The molecule has 0 heterocycles. The number of hydrogen-bond acceptors (Lipinski definition) is 2. The van der Waals surface area contributed by atoms with Gasteiger partial charge in [-0.1, -0.05) is 35.4 Å². The molecule has 0 saturated heterocycles. The quantitative estimate of drug-likeness (QED) is 0.705. The van der Waals surface area contributed by atoms with Crippen molar-refractivity contribution < 1.29 is 0 Å². The maximum Gasteiger partial charge on any atom is 0.140 e. The Morgan fingerprint density at radius 3 is 2.21 bits per heavy atom. The first-order chi connectivity index (χ1) is 6.54. The monoisotopic (exact) mass is 265 g/mol. The van der Waals surface area contributed by atoms with Gasteiger partial charge < -0.3 is 4.90 Å². The number of thioether (sulfide) groups is 1. The summed E-state index contributed by atoms with van der Waals surface area (Å²) in [5.74, 6) is 0. The molecule has 0 fully saturated rings.